The number of benzene rings is 3. The highest BCUT2D eigenvalue weighted by Gasteiger charge is 2.36. The van der Waals surface area contributed by atoms with Gasteiger partial charge < -0.3 is 14.7 Å². The number of ether oxygens (including phenoxy) is 1. The minimum atomic E-state index is -4.42. The van der Waals surface area contributed by atoms with Crippen LogP contribution in [0.1, 0.15) is 30.1 Å². The Labute approximate surface area is 236 Å². The van der Waals surface area contributed by atoms with Crippen LogP contribution < -0.4 is 9.04 Å². The standard InChI is InChI=1S/C27H26ClF3N2O4S.ClH/c28-21-9-10-25-26(15-21)38(35,36)33(22-3-1-2-4-24(22)37-25)16-18-11-13-32(14-12-18)17-23(34)19-5-7-20(8-6-19)27(29,30)31;/h1-10,15,18,23,34H,11-14,16-17H2;1H/t23-;/m0./s1. The summed E-state index contributed by atoms with van der Waals surface area (Å²) in [6, 6.07) is 16.1. The number of hydrogen-bond donors (Lipinski definition) is 1. The van der Waals surface area contributed by atoms with Crippen molar-refractivity contribution in [1.29, 1.82) is 0 Å². The summed E-state index contributed by atoms with van der Waals surface area (Å²) >= 11 is 6.12. The summed E-state index contributed by atoms with van der Waals surface area (Å²) in [7, 11) is -3.95. The molecular weight excluding hydrogens is 576 g/mol. The van der Waals surface area contributed by atoms with E-state index >= 15 is 0 Å². The summed E-state index contributed by atoms with van der Waals surface area (Å²) < 4.78 is 73.3. The first kappa shape index (κ1) is 29.5. The van der Waals surface area contributed by atoms with Crippen LogP contribution in [-0.4, -0.2) is 44.6 Å². The molecule has 2 aliphatic rings. The number of hydrogen-bond acceptors (Lipinski definition) is 5. The predicted molar refractivity (Wildman–Crippen MR) is 145 cm³/mol. The van der Waals surface area contributed by atoms with Crippen molar-refractivity contribution in [2.75, 3.05) is 30.5 Å². The number of likely N-dealkylation sites (tertiary alicyclic amines) is 1. The molecule has 210 valence electrons. The lowest BCUT2D eigenvalue weighted by Crippen LogP contribution is -2.42. The lowest BCUT2D eigenvalue weighted by molar-refractivity contribution is -0.137. The smallest absolute Gasteiger partial charge is 0.416 e. The number of β-amino-alcohol motifs (C(OH)–C–C–N with tert-alkyl or cyclic N) is 1. The SMILES string of the molecule is Cl.O=S1(=O)c2cc(Cl)ccc2Oc2ccccc2N1CC1CCN(C[C@H](O)c2ccc(C(F)(F)F)cc2)CC1. The highest BCUT2D eigenvalue weighted by Crippen LogP contribution is 2.44. The highest BCUT2D eigenvalue weighted by atomic mass is 35.5. The van der Waals surface area contributed by atoms with Crippen LogP contribution in [0.15, 0.2) is 71.6 Å². The lowest BCUT2D eigenvalue weighted by Gasteiger charge is -2.35. The first-order valence-corrected chi connectivity index (χ1v) is 14.0. The third-order valence-corrected chi connectivity index (χ3v) is 9.05. The van der Waals surface area contributed by atoms with E-state index in [0.29, 0.717) is 48.0 Å². The normalized spacial score (nSPS) is 18.2. The quantitative estimate of drug-likeness (QED) is 0.360. The molecular formula is C27H27Cl2F3N2O4S. The lowest BCUT2D eigenvalue weighted by atomic mass is 9.96. The average Bonchev–Trinajstić information content (AvgIpc) is 2.97. The molecule has 0 amide bonds. The van der Waals surface area contributed by atoms with Gasteiger partial charge in [-0.2, -0.15) is 13.2 Å². The summed E-state index contributed by atoms with van der Waals surface area (Å²) in [4.78, 5) is 2.06. The number of alkyl halides is 3. The zero-order valence-electron chi connectivity index (χ0n) is 20.6. The van der Waals surface area contributed by atoms with Crippen LogP contribution in [0.4, 0.5) is 18.9 Å². The van der Waals surface area contributed by atoms with Gasteiger partial charge in [-0.1, -0.05) is 35.9 Å². The van der Waals surface area contributed by atoms with Gasteiger partial charge in [0.25, 0.3) is 10.0 Å². The number of aliphatic hydroxyl groups excluding tert-OH is 1. The maximum atomic E-state index is 13.7. The van der Waals surface area contributed by atoms with Gasteiger partial charge in [0, 0.05) is 18.1 Å². The Morgan fingerprint density at radius 2 is 1.67 bits per heavy atom. The van der Waals surface area contributed by atoms with Gasteiger partial charge in [0.05, 0.1) is 17.4 Å². The number of rotatable bonds is 5. The Hall–Kier alpha value is -2.50. The van der Waals surface area contributed by atoms with E-state index in [0.717, 1.165) is 12.1 Å². The van der Waals surface area contributed by atoms with Crippen molar-refractivity contribution in [2.24, 2.45) is 5.92 Å². The molecule has 3 aromatic rings. The van der Waals surface area contributed by atoms with Gasteiger partial charge in [0.15, 0.2) is 5.75 Å². The van der Waals surface area contributed by atoms with E-state index in [1.165, 1.54) is 22.5 Å². The third-order valence-electron chi connectivity index (χ3n) is 7.01. The fraction of sp³-hybridized carbons (Fsp3) is 0.333. The summed E-state index contributed by atoms with van der Waals surface area (Å²) in [5.74, 6) is 0.712. The number of aliphatic hydroxyl groups is 1. The molecule has 1 saturated heterocycles. The van der Waals surface area contributed by atoms with E-state index in [4.69, 9.17) is 16.3 Å². The maximum Gasteiger partial charge on any atom is 0.416 e. The second kappa shape index (κ2) is 11.5. The monoisotopic (exact) mass is 602 g/mol. The van der Waals surface area contributed by atoms with Gasteiger partial charge in [-0.25, -0.2) is 8.42 Å². The topological polar surface area (TPSA) is 70.1 Å². The van der Waals surface area contributed by atoms with Gasteiger partial charge in [0.2, 0.25) is 0 Å². The van der Waals surface area contributed by atoms with Crippen LogP contribution in [-0.2, 0) is 16.2 Å². The zero-order chi connectivity index (χ0) is 27.1. The van der Waals surface area contributed by atoms with Crippen molar-refractivity contribution in [2.45, 2.75) is 30.0 Å². The van der Waals surface area contributed by atoms with Crippen LogP contribution in [0.2, 0.25) is 5.02 Å². The number of fused-ring (bicyclic) bond motifs is 2. The Bertz CT molecular complexity index is 1410. The van der Waals surface area contributed by atoms with Crippen LogP contribution in [0, 0.1) is 5.92 Å². The second-order valence-electron chi connectivity index (χ2n) is 9.58. The molecule has 5 rings (SSSR count). The second-order valence-corrected chi connectivity index (χ2v) is 11.8. The van der Waals surface area contributed by atoms with Crippen LogP contribution in [0.5, 0.6) is 11.5 Å². The average molecular weight is 603 g/mol. The molecule has 1 atom stereocenters. The van der Waals surface area contributed by atoms with Crippen LogP contribution >= 0.6 is 24.0 Å². The number of para-hydroxylation sites is 2. The molecule has 1 N–H and O–H groups in total. The molecule has 12 heteroatoms. The summed E-state index contributed by atoms with van der Waals surface area (Å²) in [6.07, 6.45) is -3.97. The molecule has 0 radical (unpaired) electrons. The summed E-state index contributed by atoms with van der Waals surface area (Å²) in [5.41, 5.74) is 0.124. The third kappa shape index (κ3) is 6.30. The Morgan fingerprint density at radius 1 is 1.00 bits per heavy atom. The molecule has 0 spiro atoms. The van der Waals surface area contributed by atoms with Crippen molar-refractivity contribution >= 4 is 39.7 Å². The Balaban J connectivity index is 0.00000353. The minimum absolute atomic E-state index is 0. The van der Waals surface area contributed by atoms with E-state index in [9.17, 15) is 26.7 Å². The van der Waals surface area contributed by atoms with Gasteiger partial charge in [-0.15, -0.1) is 12.4 Å². The molecule has 0 aliphatic carbocycles. The number of nitrogens with zero attached hydrogens (tertiary/aromatic N) is 2. The molecule has 0 unspecified atom stereocenters. The number of anilines is 1. The van der Waals surface area contributed by atoms with Crippen molar-refractivity contribution < 1.29 is 31.4 Å². The van der Waals surface area contributed by atoms with Crippen LogP contribution in [0.3, 0.4) is 0 Å². The summed E-state index contributed by atoms with van der Waals surface area (Å²) in [5, 5.41) is 10.9. The largest absolute Gasteiger partial charge is 0.454 e. The van der Waals surface area contributed by atoms with E-state index in [2.05, 4.69) is 0 Å². The van der Waals surface area contributed by atoms with Crippen molar-refractivity contribution in [3.05, 3.63) is 82.9 Å². The first-order valence-electron chi connectivity index (χ1n) is 12.2. The molecule has 3 aromatic carbocycles. The van der Waals surface area contributed by atoms with E-state index in [1.807, 2.05) is 4.90 Å². The van der Waals surface area contributed by atoms with E-state index in [-0.39, 0.29) is 42.1 Å². The molecule has 0 aromatic heterocycles. The highest BCUT2D eigenvalue weighted by molar-refractivity contribution is 7.93. The van der Waals surface area contributed by atoms with Crippen molar-refractivity contribution in [3.8, 4) is 11.5 Å². The van der Waals surface area contributed by atoms with Crippen molar-refractivity contribution in [1.82, 2.24) is 4.90 Å². The first-order chi connectivity index (χ1) is 18.0. The maximum absolute atomic E-state index is 13.7. The van der Waals surface area contributed by atoms with Gasteiger partial charge in [-0.05, 0) is 79.9 Å². The molecule has 0 saturated carbocycles. The van der Waals surface area contributed by atoms with Gasteiger partial charge in [-0.3, -0.25) is 4.31 Å². The zero-order valence-corrected chi connectivity index (χ0v) is 23.0. The van der Waals surface area contributed by atoms with Gasteiger partial charge >= 0.3 is 6.18 Å². The molecule has 6 nitrogen and oxygen atoms in total. The van der Waals surface area contributed by atoms with Crippen LogP contribution in [0.25, 0.3) is 0 Å². The number of piperidine rings is 1. The summed E-state index contributed by atoms with van der Waals surface area (Å²) in [6.45, 7) is 1.78. The minimum Gasteiger partial charge on any atom is -0.454 e. The van der Waals surface area contributed by atoms with E-state index < -0.39 is 27.9 Å². The fourth-order valence-corrected chi connectivity index (χ4v) is 6.84. The molecule has 39 heavy (non-hydrogen) atoms. The fourth-order valence-electron chi connectivity index (χ4n) is 4.91. The van der Waals surface area contributed by atoms with Gasteiger partial charge in [0.1, 0.15) is 10.6 Å². The molecule has 2 heterocycles. The number of halogens is 5. The molecule has 2 aliphatic heterocycles. The van der Waals surface area contributed by atoms with E-state index in [1.54, 1.807) is 36.4 Å². The number of sulfonamides is 1. The molecule has 1 fully saturated rings. The Morgan fingerprint density at radius 3 is 2.33 bits per heavy atom. The Kier molecular flexibility index (Phi) is 8.73. The van der Waals surface area contributed by atoms with Crippen molar-refractivity contribution in [3.63, 3.8) is 0 Å². The molecule has 0 bridgehead atoms. The predicted octanol–water partition coefficient (Wildman–Crippen LogP) is 6.53.